The molecule has 3 aromatic rings. The van der Waals surface area contributed by atoms with E-state index in [1.54, 1.807) is 14.0 Å². The highest BCUT2D eigenvalue weighted by Crippen LogP contribution is 2.32. The van der Waals surface area contributed by atoms with E-state index in [1.807, 2.05) is 60.9 Å². The van der Waals surface area contributed by atoms with Gasteiger partial charge in [-0.25, -0.2) is 0 Å². The zero-order chi connectivity index (χ0) is 24.9. The second kappa shape index (κ2) is 10.7. The van der Waals surface area contributed by atoms with Crippen molar-refractivity contribution in [2.75, 3.05) is 12.9 Å². The molecule has 0 bridgehead atoms. The Balaban J connectivity index is 1.99. The van der Waals surface area contributed by atoms with Gasteiger partial charge in [0.25, 0.3) is 0 Å². The molecule has 2 aromatic carbocycles. The molecular formula is C26H31N5O2S. The van der Waals surface area contributed by atoms with Gasteiger partial charge in [0.15, 0.2) is 11.0 Å². The normalized spacial score (nSPS) is 12.9. The first kappa shape index (κ1) is 25.3. The smallest absolute Gasteiger partial charge is 0.231 e. The summed E-state index contributed by atoms with van der Waals surface area (Å²) in [6.45, 7) is 9.86. The highest BCUT2D eigenvalue weighted by Gasteiger charge is 2.30. The van der Waals surface area contributed by atoms with Crippen molar-refractivity contribution in [2.24, 2.45) is 5.92 Å². The van der Waals surface area contributed by atoms with Crippen molar-refractivity contribution in [3.8, 4) is 28.9 Å². The van der Waals surface area contributed by atoms with Gasteiger partial charge in [0, 0.05) is 5.56 Å². The standard InChI is InChI=1S/C26H31N5O2S/c1-17(2)21-9-7-8-10-22(21)31-24(19-11-13-20(33-6)14-12-19)29-30-25(31)34-15-23(32)28-26(5,16-27)18(3)4/h7-14,17-18H,15H2,1-6H3,(H,28,32). The monoisotopic (exact) mass is 477 g/mol. The Morgan fingerprint density at radius 1 is 1.15 bits per heavy atom. The molecule has 34 heavy (non-hydrogen) atoms. The lowest BCUT2D eigenvalue weighted by atomic mass is 9.90. The maximum atomic E-state index is 12.7. The summed E-state index contributed by atoms with van der Waals surface area (Å²) >= 11 is 1.30. The van der Waals surface area contributed by atoms with Crippen LogP contribution in [0.25, 0.3) is 17.1 Å². The van der Waals surface area contributed by atoms with Crippen LogP contribution >= 0.6 is 11.8 Å². The van der Waals surface area contributed by atoms with Crippen molar-refractivity contribution in [3.63, 3.8) is 0 Å². The van der Waals surface area contributed by atoms with E-state index in [1.165, 1.54) is 11.8 Å². The van der Waals surface area contributed by atoms with Gasteiger partial charge in [0.2, 0.25) is 5.91 Å². The maximum Gasteiger partial charge on any atom is 0.231 e. The summed E-state index contributed by atoms with van der Waals surface area (Å²) in [6.07, 6.45) is 0. The van der Waals surface area contributed by atoms with Crippen LogP contribution < -0.4 is 10.1 Å². The number of carbonyl (C=O) groups excluding carboxylic acids is 1. The molecule has 7 nitrogen and oxygen atoms in total. The highest BCUT2D eigenvalue weighted by atomic mass is 32.2. The molecule has 0 aliphatic rings. The lowest BCUT2D eigenvalue weighted by Gasteiger charge is -2.27. The van der Waals surface area contributed by atoms with E-state index in [-0.39, 0.29) is 23.5 Å². The van der Waals surface area contributed by atoms with Crippen LogP contribution in [0.5, 0.6) is 5.75 Å². The third-order valence-electron chi connectivity index (χ3n) is 5.90. The molecule has 0 radical (unpaired) electrons. The van der Waals surface area contributed by atoms with Crippen LogP contribution in [0.15, 0.2) is 53.7 Å². The summed E-state index contributed by atoms with van der Waals surface area (Å²) in [5.74, 6) is 1.60. The molecule has 0 aliphatic carbocycles. The van der Waals surface area contributed by atoms with Gasteiger partial charge >= 0.3 is 0 Å². The predicted octanol–water partition coefficient (Wildman–Crippen LogP) is 5.21. The van der Waals surface area contributed by atoms with E-state index in [4.69, 9.17) is 4.74 Å². The van der Waals surface area contributed by atoms with E-state index < -0.39 is 5.54 Å². The van der Waals surface area contributed by atoms with E-state index >= 15 is 0 Å². The minimum absolute atomic E-state index is 0.0188. The summed E-state index contributed by atoms with van der Waals surface area (Å²) < 4.78 is 7.29. The quantitative estimate of drug-likeness (QED) is 0.425. The van der Waals surface area contributed by atoms with Crippen LogP contribution in [0.1, 0.15) is 46.1 Å². The van der Waals surface area contributed by atoms with E-state index in [9.17, 15) is 10.1 Å². The number of methoxy groups -OCH3 is 1. The van der Waals surface area contributed by atoms with E-state index in [2.05, 4.69) is 41.5 Å². The SMILES string of the molecule is COc1ccc(-c2nnc(SCC(=O)NC(C)(C#N)C(C)C)n2-c2ccccc2C(C)C)cc1. The molecule has 8 heteroatoms. The average molecular weight is 478 g/mol. The molecule has 1 N–H and O–H groups in total. The molecule has 0 fully saturated rings. The van der Waals surface area contributed by atoms with Crippen LogP contribution in [0, 0.1) is 17.2 Å². The lowest BCUT2D eigenvalue weighted by molar-refractivity contribution is -0.120. The number of nitrogens with one attached hydrogen (secondary N) is 1. The van der Waals surface area contributed by atoms with Gasteiger partial charge in [-0.15, -0.1) is 10.2 Å². The number of para-hydroxylation sites is 1. The minimum Gasteiger partial charge on any atom is -0.497 e. The molecule has 0 aliphatic heterocycles. The fraction of sp³-hybridized carbons (Fsp3) is 0.385. The molecule has 0 saturated heterocycles. The number of benzene rings is 2. The van der Waals surface area contributed by atoms with Crippen molar-refractivity contribution in [2.45, 2.75) is 51.2 Å². The highest BCUT2D eigenvalue weighted by molar-refractivity contribution is 7.99. The van der Waals surface area contributed by atoms with E-state index in [0.29, 0.717) is 11.0 Å². The van der Waals surface area contributed by atoms with Crippen molar-refractivity contribution in [3.05, 3.63) is 54.1 Å². The Kier molecular flexibility index (Phi) is 8.00. The van der Waals surface area contributed by atoms with Gasteiger partial charge in [-0.3, -0.25) is 9.36 Å². The van der Waals surface area contributed by atoms with Crippen LogP contribution in [0.2, 0.25) is 0 Å². The van der Waals surface area contributed by atoms with Crippen molar-refractivity contribution < 1.29 is 9.53 Å². The first-order valence-corrected chi connectivity index (χ1v) is 12.2. The van der Waals surface area contributed by atoms with E-state index in [0.717, 1.165) is 22.6 Å². The molecular weight excluding hydrogens is 446 g/mol. The molecule has 1 aromatic heterocycles. The van der Waals surface area contributed by atoms with Crippen LogP contribution in [0.3, 0.4) is 0 Å². The van der Waals surface area contributed by atoms with Gasteiger partial charge < -0.3 is 10.1 Å². The summed E-state index contributed by atoms with van der Waals surface area (Å²) in [5.41, 5.74) is 2.09. The number of thioether (sulfide) groups is 1. The Labute approximate surface area is 205 Å². The fourth-order valence-corrected chi connectivity index (χ4v) is 4.19. The first-order chi connectivity index (χ1) is 16.2. The number of rotatable bonds is 9. The summed E-state index contributed by atoms with van der Waals surface area (Å²) in [5, 5.41) is 21.9. The Hall–Kier alpha value is -3.31. The molecule has 3 rings (SSSR count). The molecule has 0 spiro atoms. The van der Waals surface area contributed by atoms with Gasteiger partial charge in [-0.05, 0) is 54.7 Å². The zero-order valence-corrected chi connectivity index (χ0v) is 21.3. The number of aromatic nitrogens is 3. The van der Waals surface area contributed by atoms with Gasteiger partial charge in [0.05, 0.1) is 24.6 Å². The average Bonchev–Trinajstić information content (AvgIpc) is 3.26. The molecule has 1 amide bonds. The number of hydrogen-bond donors (Lipinski definition) is 1. The number of amides is 1. The Bertz CT molecular complexity index is 1180. The van der Waals surface area contributed by atoms with Gasteiger partial charge in [-0.1, -0.05) is 57.7 Å². The van der Waals surface area contributed by atoms with Crippen molar-refractivity contribution in [1.82, 2.24) is 20.1 Å². The van der Waals surface area contributed by atoms with Gasteiger partial charge in [0.1, 0.15) is 11.3 Å². The number of carbonyl (C=O) groups is 1. The zero-order valence-electron chi connectivity index (χ0n) is 20.5. The molecule has 1 atom stereocenters. The van der Waals surface area contributed by atoms with Crippen molar-refractivity contribution >= 4 is 17.7 Å². The second-order valence-electron chi connectivity index (χ2n) is 8.89. The summed E-state index contributed by atoms with van der Waals surface area (Å²) in [4.78, 5) is 12.7. The van der Waals surface area contributed by atoms with Gasteiger partial charge in [-0.2, -0.15) is 5.26 Å². The summed E-state index contributed by atoms with van der Waals surface area (Å²) in [7, 11) is 1.63. The van der Waals surface area contributed by atoms with Crippen molar-refractivity contribution in [1.29, 1.82) is 5.26 Å². The van der Waals surface area contributed by atoms with Crippen LogP contribution in [-0.4, -0.2) is 39.1 Å². The predicted molar refractivity (Wildman–Crippen MR) is 135 cm³/mol. The lowest BCUT2D eigenvalue weighted by Crippen LogP contribution is -2.49. The minimum atomic E-state index is -0.927. The number of nitrogens with zero attached hydrogens (tertiary/aromatic N) is 4. The third-order valence-corrected chi connectivity index (χ3v) is 6.83. The number of hydrogen-bond acceptors (Lipinski definition) is 6. The molecule has 1 unspecified atom stereocenters. The molecule has 178 valence electrons. The van der Waals surface area contributed by atoms with Crippen LogP contribution in [-0.2, 0) is 4.79 Å². The number of ether oxygens (including phenoxy) is 1. The number of nitriles is 1. The molecule has 1 heterocycles. The third kappa shape index (κ3) is 5.42. The topological polar surface area (TPSA) is 92.8 Å². The summed E-state index contributed by atoms with van der Waals surface area (Å²) in [6, 6.07) is 18.0. The fourth-order valence-electron chi connectivity index (χ4n) is 3.44. The van der Waals surface area contributed by atoms with Crippen LogP contribution in [0.4, 0.5) is 0 Å². The largest absolute Gasteiger partial charge is 0.497 e. The molecule has 0 saturated carbocycles. The Morgan fingerprint density at radius 2 is 1.82 bits per heavy atom. The first-order valence-electron chi connectivity index (χ1n) is 11.2. The second-order valence-corrected chi connectivity index (χ2v) is 9.83. The Morgan fingerprint density at radius 3 is 2.41 bits per heavy atom. The maximum absolute atomic E-state index is 12.7.